The lowest BCUT2D eigenvalue weighted by molar-refractivity contribution is 0.173. The molecule has 200 valence electrons. The maximum Gasteiger partial charge on any atom is 0.231 e. The van der Waals surface area contributed by atoms with Gasteiger partial charge in [-0.3, -0.25) is 0 Å². The van der Waals surface area contributed by atoms with Crippen LogP contribution in [0.1, 0.15) is 24.3 Å². The predicted octanol–water partition coefficient (Wildman–Crippen LogP) is 6.35. The number of hydrogen-bond acceptors (Lipinski definition) is 8. The number of thioether (sulfide) groups is 1. The molecule has 0 bridgehead atoms. The summed E-state index contributed by atoms with van der Waals surface area (Å²) < 4.78 is 28.5. The van der Waals surface area contributed by atoms with Crippen LogP contribution in [0.15, 0.2) is 77.8 Å². The van der Waals surface area contributed by atoms with Crippen LogP contribution in [0.5, 0.6) is 28.7 Å². The first kappa shape index (κ1) is 26.1. The van der Waals surface area contributed by atoms with E-state index in [9.17, 15) is 0 Å². The summed E-state index contributed by atoms with van der Waals surface area (Å²) in [5.41, 5.74) is 3.25. The molecule has 0 amide bonds. The molecule has 7 nitrogen and oxygen atoms in total. The first-order valence-electron chi connectivity index (χ1n) is 12.8. The monoisotopic (exact) mass is 534 g/mol. The molecule has 8 heteroatoms. The van der Waals surface area contributed by atoms with Crippen molar-refractivity contribution >= 4 is 17.4 Å². The van der Waals surface area contributed by atoms with Gasteiger partial charge >= 0.3 is 0 Å². The average molecular weight is 535 g/mol. The van der Waals surface area contributed by atoms with Crippen LogP contribution in [0.2, 0.25) is 0 Å². The van der Waals surface area contributed by atoms with E-state index in [0.717, 1.165) is 59.5 Å². The van der Waals surface area contributed by atoms with Gasteiger partial charge in [0.15, 0.2) is 11.5 Å². The van der Waals surface area contributed by atoms with E-state index in [0.29, 0.717) is 13.2 Å². The van der Waals surface area contributed by atoms with Crippen LogP contribution in [-0.2, 0) is 0 Å². The lowest BCUT2D eigenvalue weighted by atomic mass is 10.1. The number of anilines is 1. The van der Waals surface area contributed by atoms with Gasteiger partial charge in [-0.05, 0) is 62.9 Å². The summed E-state index contributed by atoms with van der Waals surface area (Å²) in [6, 6.07) is 20.1. The highest BCUT2D eigenvalue weighted by atomic mass is 32.2. The molecule has 2 aliphatic heterocycles. The number of nitrogens with zero attached hydrogens (tertiary/aromatic N) is 2. The van der Waals surface area contributed by atoms with Gasteiger partial charge in [-0.2, -0.15) is 0 Å². The van der Waals surface area contributed by atoms with E-state index in [1.54, 1.807) is 7.11 Å². The van der Waals surface area contributed by atoms with Gasteiger partial charge in [0.25, 0.3) is 0 Å². The molecular formula is C30H34N2O5S. The van der Waals surface area contributed by atoms with Crippen LogP contribution in [0.4, 0.5) is 5.69 Å². The van der Waals surface area contributed by atoms with Crippen molar-refractivity contribution in [1.29, 1.82) is 0 Å². The number of hydrogen-bond donors (Lipinski definition) is 0. The first-order valence-corrected chi connectivity index (χ1v) is 13.6. The highest BCUT2D eigenvalue weighted by Gasteiger charge is 2.34. The fourth-order valence-corrected chi connectivity index (χ4v) is 5.95. The van der Waals surface area contributed by atoms with Gasteiger partial charge in [0.1, 0.15) is 29.2 Å². The number of methoxy groups -OCH3 is 1. The summed E-state index contributed by atoms with van der Waals surface area (Å²) in [6.07, 6.45) is 0.897. The molecule has 5 rings (SSSR count). The number of allylic oxidation sites excluding steroid dienone is 1. The van der Waals surface area contributed by atoms with Crippen LogP contribution >= 0.6 is 11.8 Å². The molecule has 0 radical (unpaired) electrons. The highest BCUT2D eigenvalue weighted by Crippen LogP contribution is 2.54. The van der Waals surface area contributed by atoms with Crippen molar-refractivity contribution < 1.29 is 23.7 Å². The molecule has 0 saturated carbocycles. The van der Waals surface area contributed by atoms with E-state index in [2.05, 4.69) is 53.8 Å². The molecule has 0 fully saturated rings. The second-order valence-corrected chi connectivity index (χ2v) is 10.4. The minimum Gasteiger partial charge on any atom is -0.497 e. The summed E-state index contributed by atoms with van der Waals surface area (Å²) in [6.45, 7) is 9.48. The van der Waals surface area contributed by atoms with Crippen molar-refractivity contribution in [2.75, 3.05) is 52.2 Å². The third kappa shape index (κ3) is 5.81. The van der Waals surface area contributed by atoms with E-state index in [1.165, 1.54) is 10.6 Å². The summed E-state index contributed by atoms with van der Waals surface area (Å²) in [4.78, 5) is 5.76. The third-order valence-corrected chi connectivity index (χ3v) is 7.81. The molecule has 3 aromatic carbocycles. The fraction of sp³-hybridized carbons (Fsp3) is 0.333. The molecule has 3 aromatic rings. The van der Waals surface area contributed by atoms with Crippen molar-refractivity contribution in [2.24, 2.45) is 0 Å². The SMILES string of the molecule is C=C(C)N1c2ccccc2S[C@H]1c1cc(OC)ccc1OCCCN(C)CCOc1ccc2c(c1)OCO2. The zero-order chi connectivity index (χ0) is 26.5. The highest BCUT2D eigenvalue weighted by molar-refractivity contribution is 8.00. The Hall–Kier alpha value is -3.49. The summed E-state index contributed by atoms with van der Waals surface area (Å²) in [7, 11) is 3.79. The van der Waals surface area contributed by atoms with Gasteiger partial charge in [0, 0.05) is 35.3 Å². The van der Waals surface area contributed by atoms with Gasteiger partial charge in [-0.25, -0.2) is 0 Å². The molecule has 0 N–H and O–H groups in total. The molecule has 0 aromatic heterocycles. The Morgan fingerprint density at radius 2 is 1.82 bits per heavy atom. The van der Waals surface area contributed by atoms with Gasteiger partial charge in [-0.1, -0.05) is 30.5 Å². The molecule has 0 aliphatic carbocycles. The van der Waals surface area contributed by atoms with E-state index in [1.807, 2.05) is 49.0 Å². The van der Waals surface area contributed by atoms with Gasteiger partial charge in [0.2, 0.25) is 6.79 Å². The van der Waals surface area contributed by atoms with Crippen molar-refractivity contribution in [3.63, 3.8) is 0 Å². The molecular weight excluding hydrogens is 500 g/mol. The molecule has 0 spiro atoms. The largest absolute Gasteiger partial charge is 0.497 e. The summed E-state index contributed by atoms with van der Waals surface area (Å²) in [5, 5.41) is 0.0333. The van der Waals surface area contributed by atoms with Crippen LogP contribution in [-0.4, -0.2) is 52.2 Å². The van der Waals surface area contributed by atoms with Crippen LogP contribution in [0.3, 0.4) is 0 Å². The van der Waals surface area contributed by atoms with E-state index in [4.69, 9.17) is 23.7 Å². The Morgan fingerprint density at radius 3 is 2.66 bits per heavy atom. The quantitative estimate of drug-likeness (QED) is 0.249. The standard InChI is InChI=1S/C30H34N2O5S/c1-21(2)32-25-8-5-6-9-29(25)38-30(32)24-18-22(33-4)10-12-26(24)35-16-7-14-31(3)15-17-34-23-11-13-27-28(19-23)37-20-36-27/h5-6,8-13,18-19,30H,1,7,14-17,20H2,2-4H3/t30-/m0/s1. The minimum atomic E-state index is 0.0333. The second kappa shape index (κ2) is 11.9. The molecule has 0 saturated heterocycles. The van der Waals surface area contributed by atoms with E-state index >= 15 is 0 Å². The number of para-hydroxylation sites is 1. The number of fused-ring (bicyclic) bond motifs is 2. The molecule has 1 atom stereocenters. The topological polar surface area (TPSA) is 52.6 Å². The van der Waals surface area contributed by atoms with Gasteiger partial charge in [-0.15, -0.1) is 0 Å². The first-order chi connectivity index (χ1) is 18.5. The Bertz CT molecular complexity index is 1280. The molecule has 0 unspecified atom stereocenters. The smallest absolute Gasteiger partial charge is 0.231 e. The van der Waals surface area contributed by atoms with E-state index in [-0.39, 0.29) is 12.2 Å². The minimum absolute atomic E-state index is 0.0333. The lowest BCUT2D eigenvalue weighted by Crippen LogP contribution is -2.26. The molecule has 2 aliphatic rings. The maximum atomic E-state index is 6.33. The average Bonchev–Trinajstić information content (AvgIpc) is 3.55. The van der Waals surface area contributed by atoms with Crippen LogP contribution in [0, 0.1) is 0 Å². The Balaban J connectivity index is 1.14. The third-order valence-electron chi connectivity index (χ3n) is 6.52. The van der Waals surface area contributed by atoms with E-state index < -0.39 is 0 Å². The summed E-state index contributed by atoms with van der Waals surface area (Å²) in [5.74, 6) is 3.97. The number of rotatable bonds is 12. The molecule has 38 heavy (non-hydrogen) atoms. The second-order valence-electron chi connectivity index (χ2n) is 9.32. The zero-order valence-electron chi connectivity index (χ0n) is 22.1. The van der Waals surface area contributed by atoms with Gasteiger partial charge < -0.3 is 33.5 Å². The maximum absolute atomic E-state index is 6.33. The van der Waals surface area contributed by atoms with Crippen molar-refractivity contribution in [1.82, 2.24) is 4.90 Å². The van der Waals surface area contributed by atoms with Crippen LogP contribution < -0.4 is 28.6 Å². The number of ether oxygens (including phenoxy) is 5. The van der Waals surface area contributed by atoms with Crippen LogP contribution in [0.25, 0.3) is 0 Å². The van der Waals surface area contributed by atoms with Crippen molar-refractivity contribution in [3.8, 4) is 28.7 Å². The Morgan fingerprint density at radius 1 is 1.00 bits per heavy atom. The Kier molecular flexibility index (Phi) is 8.20. The van der Waals surface area contributed by atoms with Crippen molar-refractivity contribution in [2.45, 2.75) is 23.6 Å². The predicted molar refractivity (Wildman–Crippen MR) is 151 cm³/mol. The normalized spacial score (nSPS) is 15.5. The number of likely N-dealkylation sites (N-methyl/N-ethyl adjacent to an activating group) is 1. The molecule has 2 heterocycles. The Labute approximate surface area is 228 Å². The van der Waals surface area contributed by atoms with Gasteiger partial charge in [0.05, 0.1) is 19.4 Å². The summed E-state index contributed by atoms with van der Waals surface area (Å²) >= 11 is 1.81. The lowest BCUT2D eigenvalue weighted by Gasteiger charge is -2.28. The fourth-order valence-electron chi connectivity index (χ4n) is 4.56. The number of benzene rings is 3. The van der Waals surface area contributed by atoms with Crippen molar-refractivity contribution in [3.05, 3.63) is 78.5 Å². The zero-order valence-corrected chi connectivity index (χ0v) is 23.0.